The van der Waals surface area contributed by atoms with Crippen LogP contribution in [-0.2, 0) is 9.53 Å². The number of amides is 3. The molecule has 0 spiro atoms. The first-order chi connectivity index (χ1) is 16.6. The fourth-order valence-corrected chi connectivity index (χ4v) is 4.07. The normalized spacial score (nSPS) is 21.4. The summed E-state index contributed by atoms with van der Waals surface area (Å²) in [6.45, 7) is 8.48. The van der Waals surface area contributed by atoms with E-state index in [-0.39, 0.29) is 42.2 Å². The van der Waals surface area contributed by atoms with Gasteiger partial charge in [-0.05, 0) is 26.0 Å². The lowest BCUT2D eigenvalue weighted by Crippen LogP contribution is -2.48. The van der Waals surface area contributed by atoms with Crippen LogP contribution in [0, 0.1) is 12.8 Å². The molecule has 0 radical (unpaired) electrons. The standard InChI is InChI=1S/C25H34N4O6/c1-7-23(30)29-12-15(2)22(33-6)13-28(5)25(32)19-9-8-18(11-21(19)34-14-16(29)3)26-24(31)20-10-17(4)35-27-20/h8-11,15-16,22H,7,12-14H2,1-6H3,(H,26,31)/t15-,16+,22-/m1/s1. The maximum atomic E-state index is 13.3. The van der Waals surface area contributed by atoms with Crippen molar-refractivity contribution < 1.29 is 28.4 Å². The first-order valence-electron chi connectivity index (χ1n) is 11.7. The van der Waals surface area contributed by atoms with E-state index in [2.05, 4.69) is 10.5 Å². The minimum atomic E-state index is -0.441. The van der Waals surface area contributed by atoms with Gasteiger partial charge in [-0.25, -0.2) is 0 Å². The van der Waals surface area contributed by atoms with Crippen molar-refractivity contribution in [2.45, 2.75) is 46.3 Å². The molecule has 0 unspecified atom stereocenters. The summed E-state index contributed by atoms with van der Waals surface area (Å²) in [6, 6.07) is 6.16. The van der Waals surface area contributed by atoms with Crippen molar-refractivity contribution in [3.63, 3.8) is 0 Å². The molecule has 10 nitrogen and oxygen atoms in total. The van der Waals surface area contributed by atoms with Crippen LogP contribution in [0.5, 0.6) is 5.75 Å². The lowest BCUT2D eigenvalue weighted by Gasteiger charge is -2.36. The van der Waals surface area contributed by atoms with E-state index in [9.17, 15) is 14.4 Å². The van der Waals surface area contributed by atoms with Crippen LogP contribution in [0.4, 0.5) is 5.69 Å². The summed E-state index contributed by atoms with van der Waals surface area (Å²) >= 11 is 0. The number of hydrogen-bond acceptors (Lipinski definition) is 7. The molecular weight excluding hydrogens is 452 g/mol. The molecule has 1 aliphatic heterocycles. The van der Waals surface area contributed by atoms with Crippen LogP contribution in [0.2, 0.25) is 0 Å². The second-order valence-electron chi connectivity index (χ2n) is 8.98. The lowest BCUT2D eigenvalue weighted by atomic mass is 10.0. The Hall–Kier alpha value is -3.40. The van der Waals surface area contributed by atoms with Crippen molar-refractivity contribution in [1.82, 2.24) is 15.0 Å². The smallest absolute Gasteiger partial charge is 0.277 e. The molecule has 2 aromatic rings. The van der Waals surface area contributed by atoms with E-state index in [1.165, 1.54) is 6.07 Å². The number of ether oxygens (including phenoxy) is 2. The summed E-state index contributed by atoms with van der Waals surface area (Å²) in [5.41, 5.74) is 0.940. The maximum Gasteiger partial charge on any atom is 0.277 e. The van der Waals surface area contributed by atoms with Crippen LogP contribution in [0.3, 0.4) is 0 Å². The zero-order chi connectivity index (χ0) is 25.7. The molecule has 10 heteroatoms. The molecule has 1 aromatic carbocycles. The highest BCUT2D eigenvalue weighted by Gasteiger charge is 2.30. The number of aromatic nitrogens is 1. The average Bonchev–Trinajstić information content (AvgIpc) is 3.29. The van der Waals surface area contributed by atoms with Gasteiger partial charge in [0.05, 0.1) is 17.7 Å². The van der Waals surface area contributed by atoms with Crippen LogP contribution >= 0.6 is 0 Å². The number of anilines is 1. The van der Waals surface area contributed by atoms with E-state index in [1.54, 1.807) is 49.1 Å². The van der Waals surface area contributed by atoms with Gasteiger partial charge in [-0.3, -0.25) is 14.4 Å². The van der Waals surface area contributed by atoms with Crippen LogP contribution in [0.15, 0.2) is 28.8 Å². The van der Waals surface area contributed by atoms with Gasteiger partial charge in [0.15, 0.2) is 5.69 Å². The van der Waals surface area contributed by atoms with E-state index < -0.39 is 5.91 Å². The van der Waals surface area contributed by atoms with Crippen molar-refractivity contribution in [3.8, 4) is 5.75 Å². The molecule has 190 valence electrons. The molecule has 0 aliphatic carbocycles. The Kier molecular flexibility index (Phi) is 8.50. The largest absolute Gasteiger partial charge is 0.491 e. The van der Waals surface area contributed by atoms with Gasteiger partial charge in [0.2, 0.25) is 5.91 Å². The van der Waals surface area contributed by atoms with Crippen molar-refractivity contribution in [3.05, 3.63) is 41.3 Å². The number of hydrogen-bond donors (Lipinski definition) is 1. The van der Waals surface area contributed by atoms with Gasteiger partial charge in [0.25, 0.3) is 11.8 Å². The number of fused-ring (bicyclic) bond motifs is 1. The van der Waals surface area contributed by atoms with Crippen LogP contribution in [0.1, 0.15) is 53.8 Å². The van der Waals surface area contributed by atoms with Crippen LogP contribution < -0.4 is 10.1 Å². The number of aryl methyl sites for hydroxylation is 1. The molecule has 0 saturated carbocycles. The lowest BCUT2D eigenvalue weighted by molar-refractivity contribution is -0.135. The molecule has 3 atom stereocenters. The van der Waals surface area contributed by atoms with Gasteiger partial charge in [0, 0.05) is 57.4 Å². The summed E-state index contributed by atoms with van der Waals surface area (Å²) in [4.78, 5) is 41.9. The van der Waals surface area contributed by atoms with Gasteiger partial charge < -0.3 is 29.1 Å². The number of nitrogens with zero attached hydrogens (tertiary/aromatic N) is 3. The van der Waals surface area contributed by atoms with E-state index in [4.69, 9.17) is 14.0 Å². The van der Waals surface area contributed by atoms with Crippen LogP contribution in [-0.4, -0.2) is 78.7 Å². The molecule has 3 amide bonds. The number of carbonyl (C=O) groups is 3. The summed E-state index contributed by atoms with van der Waals surface area (Å²) in [5.74, 6) is 0.193. The Morgan fingerprint density at radius 2 is 1.97 bits per heavy atom. The van der Waals surface area contributed by atoms with Crippen molar-refractivity contribution >= 4 is 23.4 Å². The maximum absolute atomic E-state index is 13.3. The zero-order valence-corrected chi connectivity index (χ0v) is 21.2. The number of carbonyl (C=O) groups excluding carboxylic acids is 3. The number of benzene rings is 1. The minimum Gasteiger partial charge on any atom is -0.491 e. The van der Waals surface area contributed by atoms with E-state index in [0.717, 1.165) is 0 Å². The molecule has 1 aliphatic rings. The molecule has 0 bridgehead atoms. The second-order valence-corrected chi connectivity index (χ2v) is 8.98. The van der Waals surface area contributed by atoms with Crippen molar-refractivity contribution in [2.24, 2.45) is 5.92 Å². The number of rotatable bonds is 4. The first-order valence-corrected chi connectivity index (χ1v) is 11.7. The van der Waals surface area contributed by atoms with Gasteiger partial charge >= 0.3 is 0 Å². The molecule has 0 saturated heterocycles. The molecular formula is C25H34N4O6. The van der Waals surface area contributed by atoms with E-state index in [1.807, 2.05) is 20.8 Å². The fourth-order valence-electron chi connectivity index (χ4n) is 4.07. The minimum absolute atomic E-state index is 0.00449. The third-order valence-corrected chi connectivity index (χ3v) is 6.19. The van der Waals surface area contributed by atoms with Gasteiger partial charge in [-0.15, -0.1) is 0 Å². The fraction of sp³-hybridized carbons (Fsp3) is 0.520. The number of nitrogens with one attached hydrogen (secondary N) is 1. The highest BCUT2D eigenvalue weighted by atomic mass is 16.5. The first kappa shape index (κ1) is 26.2. The summed E-state index contributed by atoms with van der Waals surface area (Å²) in [5, 5.41) is 6.48. The highest BCUT2D eigenvalue weighted by Crippen LogP contribution is 2.27. The van der Waals surface area contributed by atoms with E-state index >= 15 is 0 Å². The Labute approximate surface area is 205 Å². The zero-order valence-electron chi connectivity index (χ0n) is 21.2. The monoisotopic (exact) mass is 486 g/mol. The SMILES string of the molecule is CCC(=O)N1C[C@@H](C)[C@H](OC)CN(C)C(=O)c2ccc(NC(=O)c3cc(C)on3)cc2OC[C@@H]1C. The third kappa shape index (κ3) is 6.19. The quantitative estimate of drug-likeness (QED) is 0.707. The van der Waals surface area contributed by atoms with Crippen molar-refractivity contribution in [1.29, 1.82) is 0 Å². The summed E-state index contributed by atoms with van der Waals surface area (Å²) < 4.78 is 16.7. The third-order valence-electron chi connectivity index (χ3n) is 6.19. The molecule has 1 aromatic heterocycles. The number of likely N-dealkylation sites (N-methyl/N-ethyl adjacent to an activating group) is 1. The van der Waals surface area contributed by atoms with Gasteiger partial charge in [0.1, 0.15) is 18.1 Å². The highest BCUT2D eigenvalue weighted by molar-refractivity contribution is 6.03. The van der Waals surface area contributed by atoms with E-state index in [0.29, 0.717) is 42.3 Å². The van der Waals surface area contributed by atoms with Gasteiger partial charge in [-0.1, -0.05) is 19.0 Å². The Balaban J connectivity index is 1.94. The van der Waals surface area contributed by atoms with Crippen LogP contribution in [0.25, 0.3) is 0 Å². The molecule has 2 heterocycles. The molecule has 1 N–H and O–H groups in total. The predicted molar refractivity (Wildman–Crippen MR) is 130 cm³/mol. The van der Waals surface area contributed by atoms with Gasteiger partial charge in [-0.2, -0.15) is 0 Å². The number of methoxy groups -OCH3 is 1. The summed E-state index contributed by atoms with van der Waals surface area (Å²) in [6.07, 6.45) is 0.123. The average molecular weight is 487 g/mol. The molecule has 3 rings (SSSR count). The predicted octanol–water partition coefficient (Wildman–Crippen LogP) is 2.98. The molecule has 35 heavy (non-hydrogen) atoms. The topological polar surface area (TPSA) is 114 Å². The Morgan fingerprint density at radius 3 is 2.60 bits per heavy atom. The second kappa shape index (κ2) is 11.4. The Morgan fingerprint density at radius 1 is 1.23 bits per heavy atom. The Bertz CT molecular complexity index is 1070. The summed E-state index contributed by atoms with van der Waals surface area (Å²) in [7, 11) is 3.32. The molecule has 0 fully saturated rings. The van der Waals surface area contributed by atoms with Crippen molar-refractivity contribution in [2.75, 3.05) is 39.2 Å².